The van der Waals surface area contributed by atoms with Gasteiger partial charge in [0.2, 0.25) is 5.91 Å². The normalized spacial score (nSPS) is 10.5. The Kier molecular flexibility index (Phi) is 7.67. The summed E-state index contributed by atoms with van der Waals surface area (Å²) in [6.07, 6.45) is 1.13. The number of nitro benzene ring substituents is 1. The molecular formula is C23H17ClN4O6. The minimum atomic E-state index is -0.705. The Balaban J connectivity index is 1.76. The topological polar surface area (TPSA) is 140 Å². The molecule has 172 valence electrons. The first-order chi connectivity index (χ1) is 16.2. The van der Waals surface area contributed by atoms with E-state index in [2.05, 4.69) is 15.8 Å². The number of benzene rings is 3. The Hall–Kier alpha value is -4.57. The lowest BCUT2D eigenvalue weighted by molar-refractivity contribution is -0.384. The van der Waals surface area contributed by atoms with Crippen molar-refractivity contribution in [2.75, 3.05) is 5.32 Å². The summed E-state index contributed by atoms with van der Waals surface area (Å²) < 4.78 is 5.35. The first-order valence-corrected chi connectivity index (χ1v) is 10.1. The first-order valence-electron chi connectivity index (χ1n) is 9.70. The standard InChI is InChI=1S/C23H17ClN4O6/c1-14(29)26-19-8-4-15(5-9-19)22(30)27-25-13-17-12-20(28(32)33)10-11-21(17)34-23(31)16-2-6-18(24)7-3-16/h2-13H,1H3,(H,26,29)(H,27,30)/b25-13+. The highest BCUT2D eigenvalue weighted by Crippen LogP contribution is 2.24. The van der Waals surface area contributed by atoms with Gasteiger partial charge in [-0.1, -0.05) is 11.6 Å². The van der Waals surface area contributed by atoms with Crippen LogP contribution in [0, 0.1) is 10.1 Å². The number of nitrogens with zero attached hydrogens (tertiary/aromatic N) is 2. The zero-order valence-electron chi connectivity index (χ0n) is 17.7. The number of hydrogen-bond acceptors (Lipinski definition) is 7. The summed E-state index contributed by atoms with van der Waals surface area (Å²) in [5, 5.41) is 18.0. The monoisotopic (exact) mass is 480 g/mol. The van der Waals surface area contributed by atoms with Crippen molar-refractivity contribution in [1.29, 1.82) is 0 Å². The molecule has 0 spiro atoms. The number of nitrogens with one attached hydrogen (secondary N) is 2. The van der Waals surface area contributed by atoms with E-state index in [1.165, 1.54) is 55.5 Å². The summed E-state index contributed by atoms with van der Waals surface area (Å²) in [4.78, 5) is 46.3. The van der Waals surface area contributed by atoms with Gasteiger partial charge in [0.1, 0.15) is 5.75 Å². The molecule has 2 amide bonds. The van der Waals surface area contributed by atoms with Crippen LogP contribution >= 0.6 is 11.6 Å². The van der Waals surface area contributed by atoms with E-state index in [4.69, 9.17) is 16.3 Å². The fourth-order valence-corrected chi connectivity index (χ4v) is 2.85. The quantitative estimate of drug-likeness (QED) is 0.171. The molecule has 3 aromatic rings. The fraction of sp³-hybridized carbons (Fsp3) is 0.0435. The Bertz CT molecular complexity index is 1270. The largest absolute Gasteiger partial charge is 0.422 e. The first kappa shape index (κ1) is 24.1. The van der Waals surface area contributed by atoms with Crippen LogP contribution in [0.1, 0.15) is 33.2 Å². The van der Waals surface area contributed by atoms with Gasteiger partial charge in [0.15, 0.2) is 0 Å². The molecule has 0 bridgehead atoms. The maximum atomic E-state index is 12.4. The number of esters is 1. The van der Waals surface area contributed by atoms with Crippen LogP contribution in [0.25, 0.3) is 0 Å². The third kappa shape index (κ3) is 6.47. The van der Waals surface area contributed by atoms with E-state index < -0.39 is 16.8 Å². The third-order valence-electron chi connectivity index (χ3n) is 4.32. The predicted octanol–water partition coefficient (Wildman–Crippen LogP) is 4.19. The molecule has 0 fully saturated rings. The number of ether oxygens (including phenoxy) is 1. The van der Waals surface area contributed by atoms with Crippen molar-refractivity contribution in [3.63, 3.8) is 0 Å². The van der Waals surface area contributed by atoms with Gasteiger partial charge in [-0.3, -0.25) is 19.7 Å². The van der Waals surface area contributed by atoms with Gasteiger partial charge in [-0.25, -0.2) is 10.2 Å². The van der Waals surface area contributed by atoms with Crippen LogP contribution < -0.4 is 15.5 Å². The van der Waals surface area contributed by atoms with Crippen molar-refractivity contribution in [1.82, 2.24) is 5.43 Å². The van der Waals surface area contributed by atoms with Crippen molar-refractivity contribution >= 4 is 47.0 Å². The number of nitro groups is 1. The highest BCUT2D eigenvalue weighted by Gasteiger charge is 2.15. The molecule has 0 aliphatic heterocycles. The number of rotatable bonds is 7. The van der Waals surface area contributed by atoms with Crippen LogP contribution in [-0.2, 0) is 4.79 Å². The third-order valence-corrected chi connectivity index (χ3v) is 4.58. The number of anilines is 1. The molecule has 34 heavy (non-hydrogen) atoms. The lowest BCUT2D eigenvalue weighted by Crippen LogP contribution is -2.18. The molecular weight excluding hydrogens is 464 g/mol. The number of hydrogen-bond donors (Lipinski definition) is 2. The van der Waals surface area contributed by atoms with Crippen molar-refractivity contribution < 1.29 is 24.0 Å². The van der Waals surface area contributed by atoms with Crippen molar-refractivity contribution in [2.45, 2.75) is 6.92 Å². The molecule has 11 heteroatoms. The number of amides is 2. The molecule has 0 aliphatic rings. The number of carbonyl (C=O) groups is 3. The average Bonchev–Trinajstić information content (AvgIpc) is 2.80. The van der Waals surface area contributed by atoms with E-state index in [0.717, 1.165) is 12.3 Å². The fourth-order valence-electron chi connectivity index (χ4n) is 2.72. The summed E-state index contributed by atoms with van der Waals surface area (Å²) in [7, 11) is 0. The number of hydrazone groups is 1. The second-order valence-electron chi connectivity index (χ2n) is 6.83. The lowest BCUT2D eigenvalue weighted by Gasteiger charge is -2.08. The summed E-state index contributed by atoms with van der Waals surface area (Å²) >= 11 is 5.82. The summed E-state index contributed by atoms with van der Waals surface area (Å²) in [5.74, 6) is -1.51. The van der Waals surface area contributed by atoms with Crippen LogP contribution in [-0.4, -0.2) is 28.9 Å². The molecule has 3 aromatic carbocycles. The van der Waals surface area contributed by atoms with Gasteiger partial charge in [-0.2, -0.15) is 5.10 Å². The van der Waals surface area contributed by atoms with E-state index >= 15 is 0 Å². The zero-order valence-corrected chi connectivity index (χ0v) is 18.4. The molecule has 0 aromatic heterocycles. The molecule has 0 radical (unpaired) electrons. The van der Waals surface area contributed by atoms with Gasteiger partial charge >= 0.3 is 5.97 Å². The van der Waals surface area contributed by atoms with Gasteiger partial charge in [0.05, 0.1) is 16.7 Å². The van der Waals surface area contributed by atoms with E-state index in [0.29, 0.717) is 10.7 Å². The van der Waals surface area contributed by atoms with E-state index in [-0.39, 0.29) is 34.0 Å². The molecule has 0 saturated carbocycles. The average molecular weight is 481 g/mol. The van der Waals surface area contributed by atoms with Crippen molar-refractivity contribution in [2.24, 2.45) is 5.10 Å². The second kappa shape index (κ2) is 10.8. The Morgan fingerprint density at radius 1 is 1.00 bits per heavy atom. The van der Waals surface area contributed by atoms with Crippen molar-refractivity contribution in [3.05, 3.63) is 98.6 Å². The van der Waals surface area contributed by atoms with E-state index in [9.17, 15) is 24.5 Å². The highest BCUT2D eigenvalue weighted by molar-refractivity contribution is 6.30. The second-order valence-corrected chi connectivity index (χ2v) is 7.27. The van der Waals surface area contributed by atoms with Crippen LogP contribution in [0.3, 0.4) is 0 Å². The lowest BCUT2D eigenvalue weighted by atomic mass is 10.2. The zero-order chi connectivity index (χ0) is 24.7. The van der Waals surface area contributed by atoms with Gasteiger partial charge in [0.25, 0.3) is 11.6 Å². The Morgan fingerprint density at radius 3 is 2.26 bits per heavy atom. The molecule has 0 atom stereocenters. The maximum absolute atomic E-state index is 12.4. The molecule has 0 unspecified atom stereocenters. The Morgan fingerprint density at radius 2 is 1.65 bits per heavy atom. The van der Waals surface area contributed by atoms with Crippen LogP contribution in [0.4, 0.5) is 11.4 Å². The molecule has 2 N–H and O–H groups in total. The van der Waals surface area contributed by atoms with Crippen LogP contribution in [0.5, 0.6) is 5.75 Å². The minimum Gasteiger partial charge on any atom is -0.422 e. The van der Waals surface area contributed by atoms with E-state index in [1.807, 2.05) is 0 Å². The van der Waals surface area contributed by atoms with Crippen LogP contribution in [0.15, 0.2) is 71.8 Å². The predicted molar refractivity (Wildman–Crippen MR) is 125 cm³/mol. The SMILES string of the molecule is CC(=O)Nc1ccc(C(=O)N/N=C/c2cc([N+](=O)[O-])ccc2OC(=O)c2ccc(Cl)cc2)cc1. The molecule has 0 saturated heterocycles. The maximum Gasteiger partial charge on any atom is 0.343 e. The Labute approximate surface area is 198 Å². The van der Waals surface area contributed by atoms with Gasteiger partial charge in [-0.15, -0.1) is 0 Å². The van der Waals surface area contributed by atoms with Crippen molar-refractivity contribution in [3.8, 4) is 5.75 Å². The van der Waals surface area contributed by atoms with Gasteiger partial charge in [-0.05, 0) is 54.6 Å². The van der Waals surface area contributed by atoms with Gasteiger partial charge < -0.3 is 10.1 Å². The van der Waals surface area contributed by atoms with Crippen LogP contribution in [0.2, 0.25) is 5.02 Å². The van der Waals surface area contributed by atoms with E-state index in [1.54, 1.807) is 12.1 Å². The summed E-state index contributed by atoms with van der Waals surface area (Å²) in [5.41, 5.74) is 3.14. The molecule has 0 aliphatic carbocycles. The van der Waals surface area contributed by atoms with Gasteiger partial charge in [0, 0.05) is 40.9 Å². The molecule has 0 heterocycles. The minimum absolute atomic E-state index is 0.00297. The number of non-ortho nitro benzene ring substituents is 1. The summed E-state index contributed by atoms with van der Waals surface area (Å²) in [6, 6.07) is 15.7. The smallest absolute Gasteiger partial charge is 0.343 e. The molecule has 3 rings (SSSR count). The number of carbonyl (C=O) groups excluding carboxylic acids is 3. The summed E-state index contributed by atoms with van der Waals surface area (Å²) in [6.45, 7) is 1.37. The molecule has 10 nitrogen and oxygen atoms in total. The highest BCUT2D eigenvalue weighted by atomic mass is 35.5. The number of halogens is 1.